The van der Waals surface area contributed by atoms with Crippen LogP contribution in [0.3, 0.4) is 0 Å². The number of fused-ring (bicyclic) bond motifs is 1. The number of carbonyl (C=O) groups excluding carboxylic acids is 1. The number of benzene rings is 2. The molecule has 2 N–H and O–H groups in total. The van der Waals surface area contributed by atoms with Crippen molar-refractivity contribution in [1.82, 2.24) is 14.9 Å². The van der Waals surface area contributed by atoms with E-state index in [2.05, 4.69) is 9.97 Å². The Morgan fingerprint density at radius 1 is 1.00 bits per heavy atom. The topological polar surface area (TPSA) is 72.1 Å². The maximum Gasteiger partial charge on any atom is 0.417 e. The maximum atomic E-state index is 14.4. The van der Waals surface area contributed by atoms with Crippen molar-refractivity contribution < 1.29 is 26.7 Å². The Labute approximate surface area is 197 Å². The van der Waals surface area contributed by atoms with Gasteiger partial charge in [0.1, 0.15) is 17.5 Å². The average Bonchev–Trinajstić information content (AvgIpc) is 2.80. The number of anilines is 1. The Morgan fingerprint density at radius 2 is 1.71 bits per heavy atom. The lowest BCUT2D eigenvalue weighted by molar-refractivity contribution is -0.137. The van der Waals surface area contributed by atoms with Crippen LogP contribution in [0, 0.1) is 18.6 Å². The van der Waals surface area contributed by atoms with Crippen LogP contribution in [-0.4, -0.2) is 20.8 Å². The third-order valence-corrected chi connectivity index (χ3v) is 5.49. The molecule has 2 heterocycles. The molecule has 0 saturated carbocycles. The Kier molecular flexibility index (Phi) is 6.38. The molecular formula is C25H19F5N4O. The van der Waals surface area contributed by atoms with Gasteiger partial charge in [0, 0.05) is 22.7 Å². The highest BCUT2D eigenvalue weighted by molar-refractivity contribution is 5.98. The van der Waals surface area contributed by atoms with Gasteiger partial charge < -0.3 is 10.6 Å². The number of nitrogens with two attached hydrogens (primary N) is 1. The number of pyridine rings is 2. The molecule has 0 radical (unpaired) electrons. The van der Waals surface area contributed by atoms with E-state index < -0.39 is 35.8 Å². The molecular weight excluding hydrogens is 467 g/mol. The molecule has 0 aliphatic rings. The van der Waals surface area contributed by atoms with Gasteiger partial charge in [-0.05, 0) is 61.0 Å². The summed E-state index contributed by atoms with van der Waals surface area (Å²) in [6.45, 7) is 1.03. The molecule has 0 saturated heterocycles. The molecule has 0 bridgehead atoms. The Balaban J connectivity index is 1.71. The van der Waals surface area contributed by atoms with Crippen LogP contribution in [0.25, 0.3) is 10.9 Å². The van der Waals surface area contributed by atoms with Crippen LogP contribution in [0.2, 0.25) is 0 Å². The molecule has 1 amide bonds. The molecule has 0 atom stereocenters. The van der Waals surface area contributed by atoms with Crippen LogP contribution in [0.1, 0.15) is 32.7 Å². The second kappa shape index (κ2) is 9.28. The monoisotopic (exact) mass is 486 g/mol. The molecule has 35 heavy (non-hydrogen) atoms. The van der Waals surface area contributed by atoms with Crippen molar-refractivity contribution in [3.8, 4) is 0 Å². The van der Waals surface area contributed by atoms with Crippen molar-refractivity contribution in [1.29, 1.82) is 0 Å². The predicted octanol–water partition coefficient (Wildman–Crippen LogP) is 5.66. The smallest absolute Gasteiger partial charge is 0.383 e. The number of amides is 1. The highest BCUT2D eigenvalue weighted by Crippen LogP contribution is 2.29. The van der Waals surface area contributed by atoms with E-state index >= 15 is 0 Å². The summed E-state index contributed by atoms with van der Waals surface area (Å²) >= 11 is 0. The van der Waals surface area contributed by atoms with Crippen LogP contribution in [0.15, 0.2) is 60.8 Å². The normalized spacial score (nSPS) is 11.6. The van der Waals surface area contributed by atoms with Crippen molar-refractivity contribution >= 4 is 22.6 Å². The Bertz CT molecular complexity index is 1380. The highest BCUT2D eigenvalue weighted by atomic mass is 19.4. The molecule has 10 heteroatoms. The molecule has 0 unspecified atom stereocenters. The Morgan fingerprint density at radius 3 is 2.34 bits per heavy atom. The molecule has 0 spiro atoms. The summed E-state index contributed by atoms with van der Waals surface area (Å²) in [5.41, 5.74) is 6.12. The van der Waals surface area contributed by atoms with Gasteiger partial charge in [-0.1, -0.05) is 6.07 Å². The summed E-state index contributed by atoms with van der Waals surface area (Å²) in [5.74, 6) is -1.94. The van der Waals surface area contributed by atoms with Crippen molar-refractivity contribution in [2.45, 2.75) is 26.2 Å². The van der Waals surface area contributed by atoms with E-state index in [4.69, 9.17) is 5.73 Å². The molecule has 0 fully saturated rings. The van der Waals surface area contributed by atoms with Gasteiger partial charge in [0.25, 0.3) is 5.91 Å². The first kappa shape index (κ1) is 24.1. The number of carbonyl (C=O) groups is 1. The number of hydrogen-bond acceptors (Lipinski definition) is 4. The number of rotatable bonds is 5. The second-order valence-corrected chi connectivity index (χ2v) is 8.00. The summed E-state index contributed by atoms with van der Waals surface area (Å²) in [7, 11) is 0. The first-order valence-corrected chi connectivity index (χ1v) is 10.4. The minimum Gasteiger partial charge on any atom is -0.383 e. The van der Waals surface area contributed by atoms with E-state index in [1.54, 1.807) is 25.1 Å². The van der Waals surface area contributed by atoms with E-state index in [0.29, 0.717) is 28.5 Å². The summed E-state index contributed by atoms with van der Waals surface area (Å²) < 4.78 is 67.4. The van der Waals surface area contributed by atoms with Crippen molar-refractivity contribution in [3.63, 3.8) is 0 Å². The zero-order chi connectivity index (χ0) is 25.3. The van der Waals surface area contributed by atoms with E-state index in [0.717, 1.165) is 29.2 Å². The van der Waals surface area contributed by atoms with Gasteiger partial charge in [-0.25, -0.2) is 13.8 Å². The zero-order valence-corrected chi connectivity index (χ0v) is 18.4. The fraction of sp³-hybridized carbons (Fsp3) is 0.160. The number of halogens is 5. The third kappa shape index (κ3) is 5.21. The fourth-order valence-electron chi connectivity index (χ4n) is 3.57. The van der Waals surface area contributed by atoms with Crippen LogP contribution < -0.4 is 5.73 Å². The van der Waals surface area contributed by atoms with Crippen LogP contribution >= 0.6 is 0 Å². The molecule has 4 aromatic rings. The van der Waals surface area contributed by atoms with Gasteiger partial charge >= 0.3 is 6.18 Å². The third-order valence-electron chi connectivity index (χ3n) is 5.49. The van der Waals surface area contributed by atoms with Crippen molar-refractivity contribution in [2.75, 3.05) is 5.73 Å². The van der Waals surface area contributed by atoms with Crippen LogP contribution in [0.5, 0.6) is 0 Å². The predicted molar refractivity (Wildman–Crippen MR) is 120 cm³/mol. The van der Waals surface area contributed by atoms with Gasteiger partial charge in [0.2, 0.25) is 0 Å². The minimum atomic E-state index is -4.57. The fourth-order valence-corrected chi connectivity index (χ4v) is 3.57. The molecule has 5 nitrogen and oxygen atoms in total. The van der Waals surface area contributed by atoms with Crippen molar-refractivity contribution in [3.05, 3.63) is 100 Å². The minimum absolute atomic E-state index is 0.120. The molecule has 0 aliphatic heterocycles. The number of nitrogen functional groups attached to an aromatic ring is 1. The first-order valence-electron chi connectivity index (χ1n) is 10.4. The summed E-state index contributed by atoms with van der Waals surface area (Å²) in [4.78, 5) is 22.6. The largest absolute Gasteiger partial charge is 0.417 e. The van der Waals surface area contributed by atoms with E-state index in [1.807, 2.05) is 0 Å². The summed E-state index contributed by atoms with van der Waals surface area (Å²) in [5, 5.41) is 0.632. The maximum absolute atomic E-state index is 14.4. The van der Waals surface area contributed by atoms with Gasteiger partial charge in [-0.3, -0.25) is 9.78 Å². The van der Waals surface area contributed by atoms with Crippen LogP contribution in [-0.2, 0) is 19.3 Å². The van der Waals surface area contributed by atoms with Gasteiger partial charge in [-0.15, -0.1) is 0 Å². The number of aryl methyl sites for hydroxylation is 1. The molecule has 2 aromatic carbocycles. The molecule has 4 rings (SSSR count). The second-order valence-electron chi connectivity index (χ2n) is 8.00. The summed E-state index contributed by atoms with van der Waals surface area (Å²) in [6, 6.07) is 11.7. The average molecular weight is 486 g/mol. The zero-order valence-electron chi connectivity index (χ0n) is 18.4. The number of aromatic nitrogens is 2. The Hall–Kier alpha value is -4.08. The SMILES string of the molecule is Cc1cc2cc(C(=O)N(Cc3ccc(C(F)(F)F)cn3)Cc3c(F)cccc3F)ccc2nc1N. The van der Waals surface area contributed by atoms with Gasteiger partial charge in [0.15, 0.2) is 0 Å². The van der Waals surface area contributed by atoms with E-state index in [1.165, 1.54) is 12.1 Å². The van der Waals surface area contributed by atoms with Gasteiger partial charge in [0.05, 0.1) is 29.9 Å². The lowest BCUT2D eigenvalue weighted by Crippen LogP contribution is -2.31. The number of alkyl halides is 3. The lowest BCUT2D eigenvalue weighted by Gasteiger charge is -2.23. The van der Waals surface area contributed by atoms with E-state index in [9.17, 15) is 26.7 Å². The standard InChI is InChI=1S/C25H19F5N4O/c1-14-9-16-10-15(5-8-22(16)33-23(14)31)24(35)34(13-19-20(26)3-2-4-21(19)27)12-18-7-6-17(11-32-18)25(28,29)30/h2-11H,12-13H2,1H3,(H2,31,33). The summed E-state index contributed by atoms with van der Waals surface area (Å²) in [6.07, 6.45) is -3.92. The molecule has 180 valence electrons. The quantitative estimate of drug-likeness (QED) is 0.370. The first-order chi connectivity index (χ1) is 16.5. The number of nitrogens with zero attached hydrogens (tertiary/aromatic N) is 3. The molecule has 2 aromatic heterocycles. The lowest BCUT2D eigenvalue weighted by atomic mass is 10.1. The van der Waals surface area contributed by atoms with Crippen LogP contribution in [0.4, 0.5) is 27.8 Å². The highest BCUT2D eigenvalue weighted by Gasteiger charge is 2.31. The van der Waals surface area contributed by atoms with Crippen molar-refractivity contribution in [2.24, 2.45) is 0 Å². The van der Waals surface area contributed by atoms with Gasteiger partial charge in [-0.2, -0.15) is 13.2 Å². The molecule has 0 aliphatic carbocycles. The number of hydrogen-bond donors (Lipinski definition) is 1. The van der Waals surface area contributed by atoms with E-state index in [-0.39, 0.29) is 23.4 Å².